The third-order valence-electron chi connectivity index (χ3n) is 4.12. The standard InChI is InChI=1S/C16H28N2O2/c1-5-7-17-10-15-9-14(12(2)20-15)11-18(4)16-6-8-19-13(16)3/h9,13,16-17H,5-8,10-11H2,1-4H3. The van der Waals surface area contributed by atoms with Gasteiger partial charge in [0.15, 0.2) is 0 Å². The van der Waals surface area contributed by atoms with Crippen molar-refractivity contribution in [3.8, 4) is 0 Å². The minimum atomic E-state index is 0.331. The van der Waals surface area contributed by atoms with E-state index < -0.39 is 0 Å². The predicted molar refractivity (Wildman–Crippen MR) is 80.7 cm³/mol. The minimum Gasteiger partial charge on any atom is -0.465 e. The van der Waals surface area contributed by atoms with E-state index in [9.17, 15) is 0 Å². The Morgan fingerprint density at radius 1 is 1.45 bits per heavy atom. The van der Waals surface area contributed by atoms with Gasteiger partial charge in [0.25, 0.3) is 0 Å². The van der Waals surface area contributed by atoms with Gasteiger partial charge in [-0.05, 0) is 46.3 Å². The van der Waals surface area contributed by atoms with Gasteiger partial charge in [0.05, 0.1) is 12.6 Å². The summed E-state index contributed by atoms with van der Waals surface area (Å²) < 4.78 is 11.5. The smallest absolute Gasteiger partial charge is 0.118 e. The van der Waals surface area contributed by atoms with Gasteiger partial charge in [-0.15, -0.1) is 0 Å². The molecule has 0 amide bonds. The van der Waals surface area contributed by atoms with Crippen LogP contribution in [0.15, 0.2) is 10.5 Å². The van der Waals surface area contributed by atoms with Crippen LogP contribution >= 0.6 is 0 Å². The molecule has 1 aromatic heterocycles. The van der Waals surface area contributed by atoms with Gasteiger partial charge in [0.2, 0.25) is 0 Å². The predicted octanol–water partition coefficient (Wildman–Crippen LogP) is 2.70. The molecule has 1 fully saturated rings. The van der Waals surface area contributed by atoms with Gasteiger partial charge in [-0.1, -0.05) is 6.92 Å². The molecule has 0 aliphatic carbocycles. The lowest BCUT2D eigenvalue weighted by molar-refractivity contribution is 0.0813. The highest BCUT2D eigenvalue weighted by Gasteiger charge is 2.28. The topological polar surface area (TPSA) is 37.6 Å². The number of nitrogens with one attached hydrogen (secondary N) is 1. The van der Waals surface area contributed by atoms with Crippen molar-refractivity contribution in [3.63, 3.8) is 0 Å². The van der Waals surface area contributed by atoms with Crippen LogP contribution in [0.2, 0.25) is 0 Å². The molecule has 2 atom stereocenters. The molecular weight excluding hydrogens is 252 g/mol. The monoisotopic (exact) mass is 280 g/mol. The number of hydrogen-bond acceptors (Lipinski definition) is 4. The number of aryl methyl sites for hydroxylation is 1. The molecule has 1 saturated heterocycles. The number of rotatable bonds is 7. The summed E-state index contributed by atoms with van der Waals surface area (Å²) in [7, 11) is 2.18. The molecule has 1 aromatic rings. The highest BCUT2D eigenvalue weighted by Crippen LogP contribution is 2.22. The van der Waals surface area contributed by atoms with Crippen LogP contribution in [0.3, 0.4) is 0 Å². The summed E-state index contributed by atoms with van der Waals surface area (Å²) in [6.07, 6.45) is 2.60. The fourth-order valence-electron chi connectivity index (χ4n) is 2.91. The highest BCUT2D eigenvalue weighted by atomic mass is 16.5. The van der Waals surface area contributed by atoms with Crippen molar-refractivity contribution in [3.05, 3.63) is 23.2 Å². The maximum absolute atomic E-state index is 5.83. The van der Waals surface area contributed by atoms with Gasteiger partial charge < -0.3 is 14.5 Å². The van der Waals surface area contributed by atoms with Gasteiger partial charge in [-0.2, -0.15) is 0 Å². The van der Waals surface area contributed by atoms with E-state index in [0.29, 0.717) is 12.1 Å². The first kappa shape index (κ1) is 15.5. The average molecular weight is 280 g/mol. The van der Waals surface area contributed by atoms with Crippen molar-refractivity contribution in [2.75, 3.05) is 20.2 Å². The SMILES string of the molecule is CCCNCc1cc(CN(C)C2CCOC2C)c(C)o1. The van der Waals surface area contributed by atoms with Crippen molar-refractivity contribution in [1.29, 1.82) is 0 Å². The molecule has 2 rings (SSSR count). The summed E-state index contributed by atoms with van der Waals surface area (Å²) in [6.45, 7) is 10.1. The lowest BCUT2D eigenvalue weighted by atomic mass is 10.1. The normalized spacial score (nSPS) is 22.9. The Labute approximate surface area is 122 Å². The molecule has 2 heterocycles. The second kappa shape index (κ2) is 7.25. The Hall–Kier alpha value is -0.840. The first-order chi connectivity index (χ1) is 9.61. The number of likely N-dealkylation sites (N-methyl/N-ethyl adjacent to an activating group) is 1. The van der Waals surface area contributed by atoms with Crippen LogP contribution in [0.25, 0.3) is 0 Å². The summed E-state index contributed by atoms with van der Waals surface area (Å²) in [6, 6.07) is 2.71. The second-order valence-electron chi connectivity index (χ2n) is 5.82. The fraction of sp³-hybridized carbons (Fsp3) is 0.750. The molecule has 2 unspecified atom stereocenters. The van der Waals surface area contributed by atoms with Crippen LogP contribution in [-0.2, 0) is 17.8 Å². The van der Waals surface area contributed by atoms with Crippen molar-refractivity contribution in [1.82, 2.24) is 10.2 Å². The lowest BCUT2D eigenvalue weighted by Gasteiger charge is -2.26. The van der Waals surface area contributed by atoms with Crippen molar-refractivity contribution < 1.29 is 9.15 Å². The first-order valence-electron chi connectivity index (χ1n) is 7.72. The Kier molecular flexibility index (Phi) is 5.64. The Balaban J connectivity index is 1.91. The number of hydrogen-bond donors (Lipinski definition) is 1. The Morgan fingerprint density at radius 2 is 2.25 bits per heavy atom. The molecule has 1 aliphatic heterocycles. The van der Waals surface area contributed by atoms with Gasteiger partial charge in [0.1, 0.15) is 11.5 Å². The van der Waals surface area contributed by atoms with Gasteiger partial charge in [-0.25, -0.2) is 0 Å². The first-order valence-corrected chi connectivity index (χ1v) is 7.72. The lowest BCUT2D eigenvalue weighted by Crippen LogP contribution is -2.36. The quantitative estimate of drug-likeness (QED) is 0.779. The van der Waals surface area contributed by atoms with E-state index in [1.54, 1.807) is 0 Å². The molecule has 0 aromatic carbocycles. The maximum Gasteiger partial charge on any atom is 0.118 e. The minimum absolute atomic E-state index is 0.331. The van der Waals surface area contributed by atoms with Gasteiger partial charge >= 0.3 is 0 Å². The largest absolute Gasteiger partial charge is 0.465 e. The molecule has 1 aliphatic rings. The zero-order valence-corrected chi connectivity index (χ0v) is 13.2. The summed E-state index contributed by atoms with van der Waals surface area (Å²) in [4.78, 5) is 2.39. The van der Waals surface area contributed by atoms with Crippen molar-refractivity contribution in [2.45, 2.75) is 58.8 Å². The number of furan rings is 1. The van der Waals surface area contributed by atoms with E-state index in [2.05, 4.69) is 44.1 Å². The molecule has 0 saturated carbocycles. The van der Waals surface area contributed by atoms with Gasteiger partial charge in [0, 0.05) is 24.8 Å². The molecule has 0 spiro atoms. The molecule has 0 bridgehead atoms. The maximum atomic E-state index is 5.83. The average Bonchev–Trinajstić information content (AvgIpc) is 2.97. The van der Waals surface area contributed by atoms with E-state index in [-0.39, 0.29) is 0 Å². The van der Waals surface area contributed by atoms with Crippen LogP contribution in [0.4, 0.5) is 0 Å². The van der Waals surface area contributed by atoms with Crippen LogP contribution < -0.4 is 5.32 Å². The summed E-state index contributed by atoms with van der Waals surface area (Å²) in [5.41, 5.74) is 1.29. The molecule has 20 heavy (non-hydrogen) atoms. The third kappa shape index (κ3) is 3.84. The van der Waals surface area contributed by atoms with Gasteiger partial charge in [-0.3, -0.25) is 4.90 Å². The number of ether oxygens (including phenoxy) is 1. The van der Waals surface area contributed by atoms with E-state index >= 15 is 0 Å². The van der Waals surface area contributed by atoms with Crippen LogP contribution in [0, 0.1) is 6.92 Å². The zero-order valence-electron chi connectivity index (χ0n) is 13.2. The van der Waals surface area contributed by atoms with E-state index in [4.69, 9.17) is 9.15 Å². The van der Waals surface area contributed by atoms with Crippen molar-refractivity contribution >= 4 is 0 Å². The molecular formula is C16H28N2O2. The van der Waals surface area contributed by atoms with Crippen LogP contribution in [0.5, 0.6) is 0 Å². The third-order valence-corrected chi connectivity index (χ3v) is 4.12. The summed E-state index contributed by atoms with van der Waals surface area (Å²) in [5, 5.41) is 3.38. The Bertz CT molecular complexity index is 417. The van der Waals surface area contributed by atoms with E-state index in [1.165, 1.54) is 5.56 Å². The second-order valence-corrected chi connectivity index (χ2v) is 5.82. The summed E-state index contributed by atoms with van der Waals surface area (Å²) >= 11 is 0. The fourth-order valence-corrected chi connectivity index (χ4v) is 2.91. The molecule has 0 radical (unpaired) electrons. The Morgan fingerprint density at radius 3 is 2.90 bits per heavy atom. The molecule has 4 nitrogen and oxygen atoms in total. The van der Waals surface area contributed by atoms with E-state index in [1.807, 2.05) is 0 Å². The van der Waals surface area contributed by atoms with E-state index in [0.717, 1.165) is 50.6 Å². The number of nitrogens with zero attached hydrogens (tertiary/aromatic N) is 1. The zero-order chi connectivity index (χ0) is 14.5. The van der Waals surface area contributed by atoms with Crippen LogP contribution in [-0.4, -0.2) is 37.2 Å². The highest BCUT2D eigenvalue weighted by molar-refractivity contribution is 5.21. The van der Waals surface area contributed by atoms with Crippen LogP contribution in [0.1, 0.15) is 43.8 Å². The molecule has 4 heteroatoms. The molecule has 1 N–H and O–H groups in total. The van der Waals surface area contributed by atoms with Crippen molar-refractivity contribution in [2.24, 2.45) is 0 Å². The summed E-state index contributed by atoms with van der Waals surface area (Å²) in [5.74, 6) is 2.08. The molecule has 114 valence electrons.